The fourth-order valence-corrected chi connectivity index (χ4v) is 2.74. The first-order valence-electron chi connectivity index (χ1n) is 6.51. The summed E-state index contributed by atoms with van der Waals surface area (Å²) in [4.78, 5) is 12.5. The van der Waals surface area contributed by atoms with Crippen molar-refractivity contribution in [2.24, 2.45) is 0 Å². The Kier molecular flexibility index (Phi) is 5.93. The molecule has 112 valence electrons. The molecule has 1 aliphatic heterocycles. The Balaban J connectivity index is 1.71. The first kappa shape index (κ1) is 15.4. The quantitative estimate of drug-likeness (QED) is 0.646. The number of thiophene rings is 1. The van der Waals surface area contributed by atoms with Crippen molar-refractivity contribution in [3.63, 3.8) is 0 Å². The van der Waals surface area contributed by atoms with Crippen molar-refractivity contribution in [1.29, 1.82) is 0 Å². The molecule has 0 radical (unpaired) electrons. The number of nitrogens with one attached hydrogen (secondary N) is 2. The van der Waals surface area contributed by atoms with Crippen molar-refractivity contribution in [2.45, 2.75) is 24.8 Å². The molecule has 1 fully saturated rings. The van der Waals surface area contributed by atoms with Crippen LogP contribution in [0.25, 0.3) is 0 Å². The molecule has 2 rings (SSSR count). The van der Waals surface area contributed by atoms with E-state index in [0.717, 1.165) is 0 Å². The summed E-state index contributed by atoms with van der Waals surface area (Å²) in [5.41, 5.74) is 0. The van der Waals surface area contributed by atoms with Crippen LogP contribution in [0.2, 0.25) is 0 Å². The van der Waals surface area contributed by atoms with Gasteiger partial charge in [-0.2, -0.15) is 0 Å². The van der Waals surface area contributed by atoms with Crippen molar-refractivity contribution < 1.29 is 19.4 Å². The van der Waals surface area contributed by atoms with Gasteiger partial charge in [0.2, 0.25) is 5.91 Å². The van der Waals surface area contributed by atoms with E-state index in [1.54, 1.807) is 11.3 Å². The fraction of sp³-hybridized carbons (Fsp3) is 0.615. The second-order valence-corrected chi connectivity index (χ2v) is 5.70. The van der Waals surface area contributed by atoms with Gasteiger partial charge in [-0.25, -0.2) is 0 Å². The standard InChI is InChI=1S/C13H20N2O4S/c1-18-8-12(16)15-6-11-13(17)10(7-19-11)14-5-9-3-2-4-20-9/h2-4,10-11,13-14,17H,5-8H2,1H3,(H,15,16). The van der Waals surface area contributed by atoms with E-state index in [4.69, 9.17) is 9.47 Å². The summed E-state index contributed by atoms with van der Waals surface area (Å²) in [5.74, 6) is -0.210. The number of ether oxygens (including phenoxy) is 2. The minimum Gasteiger partial charge on any atom is -0.389 e. The molecule has 1 aromatic heterocycles. The third-order valence-electron chi connectivity index (χ3n) is 3.18. The number of amides is 1. The van der Waals surface area contributed by atoms with Crippen molar-refractivity contribution in [3.8, 4) is 0 Å². The maximum Gasteiger partial charge on any atom is 0.246 e. The number of aliphatic hydroxyl groups excluding tert-OH is 1. The molecule has 1 aliphatic rings. The number of aliphatic hydroxyl groups is 1. The maximum atomic E-state index is 11.3. The predicted octanol–water partition coefficient (Wildman–Crippen LogP) is -0.271. The van der Waals surface area contributed by atoms with E-state index < -0.39 is 6.10 Å². The Bertz CT molecular complexity index is 413. The molecular formula is C13H20N2O4S. The van der Waals surface area contributed by atoms with E-state index in [9.17, 15) is 9.90 Å². The molecule has 2 heterocycles. The molecule has 0 aliphatic carbocycles. The van der Waals surface area contributed by atoms with E-state index >= 15 is 0 Å². The summed E-state index contributed by atoms with van der Waals surface area (Å²) in [6.45, 7) is 1.46. The Labute approximate surface area is 122 Å². The van der Waals surface area contributed by atoms with E-state index in [0.29, 0.717) is 19.7 Å². The fourth-order valence-electron chi connectivity index (χ4n) is 2.08. The molecule has 0 saturated carbocycles. The van der Waals surface area contributed by atoms with E-state index in [2.05, 4.69) is 10.6 Å². The number of methoxy groups -OCH3 is 1. The first-order chi connectivity index (χ1) is 9.70. The molecule has 0 spiro atoms. The summed E-state index contributed by atoms with van der Waals surface area (Å²) in [7, 11) is 1.46. The van der Waals surface area contributed by atoms with Crippen LogP contribution >= 0.6 is 11.3 Å². The van der Waals surface area contributed by atoms with Crippen LogP contribution in [0.1, 0.15) is 4.88 Å². The van der Waals surface area contributed by atoms with Gasteiger partial charge in [-0.3, -0.25) is 4.79 Å². The van der Waals surface area contributed by atoms with Crippen LogP contribution in [0, 0.1) is 0 Å². The van der Waals surface area contributed by atoms with Gasteiger partial charge in [-0.05, 0) is 11.4 Å². The number of hydrogen-bond acceptors (Lipinski definition) is 6. The third-order valence-corrected chi connectivity index (χ3v) is 4.05. The van der Waals surface area contributed by atoms with Gasteiger partial charge in [-0.1, -0.05) is 6.07 Å². The van der Waals surface area contributed by atoms with Gasteiger partial charge in [0, 0.05) is 25.1 Å². The zero-order valence-corrected chi connectivity index (χ0v) is 12.2. The van der Waals surface area contributed by atoms with Gasteiger partial charge >= 0.3 is 0 Å². The minimum absolute atomic E-state index is 0.0167. The van der Waals surface area contributed by atoms with Crippen LogP contribution in [-0.4, -0.2) is 56.1 Å². The summed E-state index contributed by atoms with van der Waals surface area (Å²) < 4.78 is 10.2. The van der Waals surface area contributed by atoms with Gasteiger partial charge < -0.3 is 25.2 Å². The minimum atomic E-state index is -0.627. The molecular weight excluding hydrogens is 280 g/mol. The van der Waals surface area contributed by atoms with Crippen LogP contribution in [0.15, 0.2) is 17.5 Å². The number of carbonyl (C=O) groups excluding carboxylic acids is 1. The lowest BCUT2D eigenvalue weighted by atomic mass is 10.1. The van der Waals surface area contributed by atoms with Crippen molar-refractivity contribution in [1.82, 2.24) is 10.6 Å². The molecule has 7 heteroatoms. The van der Waals surface area contributed by atoms with Crippen LogP contribution in [0.4, 0.5) is 0 Å². The Morgan fingerprint density at radius 2 is 2.50 bits per heavy atom. The van der Waals surface area contributed by atoms with Gasteiger partial charge in [-0.15, -0.1) is 11.3 Å². The highest BCUT2D eigenvalue weighted by Gasteiger charge is 2.35. The normalized spacial score (nSPS) is 25.8. The van der Waals surface area contributed by atoms with Crippen molar-refractivity contribution in [2.75, 3.05) is 26.9 Å². The van der Waals surface area contributed by atoms with E-state index in [1.165, 1.54) is 12.0 Å². The van der Waals surface area contributed by atoms with Gasteiger partial charge in [0.15, 0.2) is 0 Å². The highest BCUT2D eigenvalue weighted by Crippen LogP contribution is 2.15. The summed E-state index contributed by atoms with van der Waals surface area (Å²) in [6, 6.07) is 3.93. The molecule has 3 atom stereocenters. The smallest absolute Gasteiger partial charge is 0.246 e. The molecule has 3 unspecified atom stereocenters. The molecule has 0 aromatic carbocycles. The summed E-state index contributed by atoms with van der Waals surface area (Å²) >= 11 is 1.67. The van der Waals surface area contributed by atoms with Crippen LogP contribution in [0.3, 0.4) is 0 Å². The molecule has 1 saturated heterocycles. The van der Waals surface area contributed by atoms with Gasteiger partial charge in [0.25, 0.3) is 0 Å². The zero-order chi connectivity index (χ0) is 14.4. The molecule has 6 nitrogen and oxygen atoms in total. The predicted molar refractivity (Wildman–Crippen MR) is 75.6 cm³/mol. The summed E-state index contributed by atoms with van der Waals surface area (Å²) in [5, 5.41) is 18.1. The molecule has 20 heavy (non-hydrogen) atoms. The second-order valence-electron chi connectivity index (χ2n) is 4.67. The Hall–Kier alpha value is -0.990. The number of hydrogen-bond donors (Lipinski definition) is 3. The van der Waals surface area contributed by atoms with Crippen molar-refractivity contribution in [3.05, 3.63) is 22.4 Å². The Morgan fingerprint density at radius 3 is 3.20 bits per heavy atom. The lowest BCUT2D eigenvalue weighted by Crippen LogP contribution is -2.44. The van der Waals surface area contributed by atoms with Crippen molar-refractivity contribution >= 4 is 17.2 Å². The van der Waals surface area contributed by atoms with Crippen LogP contribution < -0.4 is 10.6 Å². The molecule has 1 amide bonds. The van der Waals surface area contributed by atoms with E-state index in [1.807, 2.05) is 17.5 Å². The van der Waals surface area contributed by atoms with Crippen LogP contribution in [-0.2, 0) is 20.8 Å². The average molecular weight is 300 g/mol. The zero-order valence-electron chi connectivity index (χ0n) is 11.4. The van der Waals surface area contributed by atoms with E-state index in [-0.39, 0.29) is 24.7 Å². The third kappa shape index (κ3) is 4.26. The summed E-state index contributed by atoms with van der Waals surface area (Å²) in [6.07, 6.45) is -1.01. The average Bonchev–Trinajstić information content (AvgIpc) is 3.05. The highest BCUT2D eigenvalue weighted by molar-refractivity contribution is 7.09. The Morgan fingerprint density at radius 1 is 1.65 bits per heavy atom. The van der Waals surface area contributed by atoms with Crippen LogP contribution in [0.5, 0.6) is 0 Å². The number of carbonyl (C=O) groups is 1. The number of rotatable bonds is 7. The topological polar surface area (TPSA) is 79.8 Å². The molecule has 3 N–H and O–H groups in total. The second kappa shape index (κ2) is 7.70. The molecule has 0 bridgehead atoms. The molecule has 1 aromatic rings. The largest absolute Gasteiger partial charge is 0.389 e. The first-order valence-corrected chi connectivity index (χ1v) is 7.39. The van der Waals surface area contributed by atoms with Gasteiger partial charge in [0.05, 0.1) is 18.8 Å². The van der Waals surface area contributed by atoms with Gasteiger partial charge in [0.1, 0.15) is 12.7 Å². The monoisotopic (exact) mass is 300 g/mol. The lowest BCUT2D eigenvalue weighted by Gasteiger charge is -2.18. The maximum absolute atomic E-state index is 11.3. The highest BCUT2D eigenvalue weighted by atomic mass is 32.1. The lowest BCUT2D eigenvalue weighted by molar-refractivity contribution is -0.125. The SMILES string of the molecule is COCC(=O)NCC1OCC(NCc2cccs2)C1O.